The minimum atomic E-state index is -0.946. The van der Waals surface area contributed by atoms with Crippen LogP contribution in [0.4, 0.5) is 11.4 Å². The number of carbonyl (C=O) groups is 2. The maximum Gasteiger partial charge on any atom is 0.336 e. The molecule has 26 heavy (non-hydrogen) atoms. The number of amides is 1. The van der Waals surface area contributed by atoms with Crippen molar-refractivity contribution in [3.05, 3.63) is 22.8 Å². The topological polar surface area (TPSA) is 69.6 Å². The lowest BCUT2D eigenvalue weighted by Gasteiger charge is -2.26. The number of nitrogens with zero attached hydrogens (tertiary/aromatic N) is 1. The second-order valence-electron chi connectivity index (χ2n) is 8.24. The molecule has 1 aliphatic rings. The molecule has 5 heteroatoms. The monoisotopic (exact) mass is 360 g/mol. The smallest absolute Gasteiger partial charge is 0.336 e. The zero-order valence-electron chi connectivity index (χ0n) is 16.7. The van der Waals surface area contributed by atoms with Gasteiger partial charge < -0.3 is 15.3 Å². The fraction of sp³-hybridized carbons (Fsp3) is 0.619. The molecule has 0 bridgehead atoms. The first-order chi connectivity index (χ1) is 12.2. The molecule has 0 radical (unpaired) electrons. The highest BCUT2D eigenvalue weighted by Crippen LogP contribution is 2.40. The molecule has 144 valence electrons. The van der Waals surface area contributed by atoms with Gasteiger partial charge in [0.25, 0.3) is 0 Å². The quantitative estimate of drug-likeness (QED) is 0.696. The fourth-order valence-corrected chi connectivity index (χ4v) is 3.37. The first-order valence-corrected chi connectivity index (χ1v) is 9.63. The van der Waals surface area contributed by atoms with Gasteiger partial charge in [0.2, 0.25) is 5.91 Å². The minimum absolute atomic E-state index is 0.0943. The Morgan fingerprint density at radius 2 is 1.92 bits per heavy atom. The van der Waals surface area contributed by atoms with E-state index in [0.29, 0.717) is 11.3 Å². The van der Waals surface area contributed by atoms with Gasteiger partial charge in [-0.15, -0.1) is 0 Å². The van der Waals surface area contributed by atoms with E-state index in [9.17, 15) is 14.7 Å². The van der Waals surface area contributed by atoms with Gasteiger partial charge in [0.15, 0.2) is 0 Å². The lowest BCUT2D eigenvalue weighted by molar-refractivity contribution is -0.123. The number of hydrogen-bond donors (Lipinski definition) is 2. The fourth-order valence-electron chi connectivity index (χ4n) is 3.37. The third-order valence-electron chi connectivity index (χ3n) is 5.04. The standard InChI is InChI=1S/C21H32N2O3/c1-6-7-8-9-11-23-12-10-15-13-16(19(24)25)14(2)17(18(15)23)22-20(26)21(3,4)5/h13H,6-12H2,1-5H3,(H,22,26)(H,24,25). The van der Waals surface area contributed by atoms with Gasteiger partial charge in [-0.3, -0.25) is 4.79 Å². The summed E-state index contributed by atoms with van der Waals surface area (Å²) < 4.78 is 0. The van der Waals surface area contributed by atoms with Crippen LogP contribution < -0.4 is 10.2 Å². The predicted molar refractivity (Wildman–Crippen MR) is 106 cm³/mol. The third kappa shape index (κ3) is 4.37. The van der Waals surface area contributed by atoms with Crippen LogP contribution in [0.15, 0.2) is 6.07 Å². The molecule has 1 heterocycles. The summed E-state index contributed by atoms with van der Waals surface area (Å²) in [5, 5.41) is 12.6. The molecule has 1 aromatic rings. The molecule has 1 aliphatic heterocycles. The molecule has 0 saturated heterocycles. The van der Waals surface area contributed by atoms with Crippen LogP contribution in [0.3, 0.4) is 0 Å². The maximum absolute atomic E-state index is 12.6. The first kappa shape index (κ1) is 20.3. The zero-order valence-corrected chi connectivity index (χ0v) is 16.7. The lowest BCUT2D eigenvalue weighted by atomic mass is 9.94. The van der Waals surface area contributed by atoms with Crippen molar-refractivity contribution < 1.29 is 14.7 Å². The number of rotatable bonds is 7. The molecule has 0 atom stereocenters. The lowest BCUT2D eigenvalue weighted by Crippen LogP contribution is -2.30. The van der Waals surface area contributed by atoms with E-state index in [1.807, 2.05) is 20.8 Å². The van der Waals surface area contributed by atoms with Crippen LogP contribution in [0.2, 0.25) is 0 Å². The van der Waals surface area contributed by atoms with Crippen LogP contribution in [0.1, 0.15) is 74.9 Å². The van der Waals surface area contributed by atoms with E-state index in [0.717, 1.165) is 37.2 Å². The molecular formula is C21H32N2O3. The van der Waals surface area contributed by atoms with Crippen molar-refractivity contribution in [3.63, 3.8) is 0 Å². The number of aromatic carboxylic acids is 1. The second-order valence-corrected chi connectivity index (χ2v) is 8.24. The molecule has 0 aromatic heterocycles. The first-order valence-electron chi connectivity index (χ1n) is 9.63. The van der Waals surface area contributed by atoms with E-state index in [-0.39, 0.29) is 11.5 Å². The van der Waals surface area contributed by atoms with E-state index < -0.39 is 11.4 Å². The van der Waals surface area contributed by atoms with Gasteiger partial charge >= 0.3 is 5.97 Å². The molecule has 0 aliphatic carbocycles. The van der Waals surface area contributed by atoms with Crippen molar-refractivity contribution in [2.75, 3.05) is 23.3 Å². The van der Waals surface area contributed by atoms with E-state index in [1.165, 1.54) is 19.3 Å². The highest BCUT2D eigenvalue weighted by atomic mass is 16.4. The van der Waals surface area contributed by atoms with Crippen LogP contribution in [0.5, 0.6) is 0 Å². The Hall–Kier alpha value is -2.04. The van der Waals surface area contributed by atoms with Gasteiger partial charge in [-0.05, 0) is 37.0 Å². The highest BCUT2D eigenvalue weighted by Gasteiger charge is 2.30. The molecule has 1 aromatic carbocycles. The number of carboxylic acid groups (broad SMARTS) is 1. The van der Waals surface area contributed by atoms with Crippen LogP contribution in [0.25, 0.3) is 0 Å². The van der Waals surface area contributed by atoms with Crippen molar-refractivity contribution in [2.24, 2.45) is 5.41 Å². The van der Waals surface area contributed by atoms with Gasteiger partial charge in [-0.2, -0.15) is 0 Å². The zero-order chi connectivity index (χ0) is 19.5. The van der Waals surface area contributed by atoms with Crippen molar-refractivity contribution >= 4 is 23.3 Å². The van der Waals surface area contributed by atoms with Crippen LogP contribution in [-0.4, -0.2) is 30.1 Å². The summed E-state index contributed by atoms with van der Waals surface area (Å²) in [7, 11) is 0. The summed E-state index contributed by atoms with van der Waals surface area (Å²) in [6.45, 7) is 11.4. The number of unbranched alkanes of at least 4 members (excludes halogenated alkanes) is 3. The summed E-state index contributed by atoms with van der Waals surface area (Å²) in [5.74, 6) is -1.04. The van der Waals surface area contributed by atoms with Gasteiger partial charge in [0, 0.05) is 18.5 Å². The van der Waals surface area contributed by atoms with Crippen molar-refractivity contribution in [1.29, 1.82) is 0 Å². The minimum Gasteiger partial charge on any atom is -0.478 e. The molecule has 2 rings (SSSR count). The van der Waals surface area contributed by atoms with E-state index in [2.05, 4.69) is 17.1 Å². The predicted octanol–water partition coefficient (Wildman–Crippen LogP) is 4.62. The van der Waals surface area contributed by atoms with Crippen molar-refractivity contribution in [3.8, 4) is 0 Å². The van der Waals surface area contributed by atoms with Crippen molar-refractivity contribution in [2.45, 2.75) is 66.7 Å². The second kappa shape index (κ2) is 8.11. The van der Waals surface area contributed by atoms with Gasteiger partial charge in [0.1, 0.15) is 0 Å². The Balaban J connectivity index is 2.40. The van der Waals surface area contributed by atoms with Crippen LogP contribution >= 0.6 is 0 Å². The highest BCUT2D eigenvalue weighted by molar-refractivity contribution is 6.02. The van der Waals surface area contributed by atoms with Crippen LogP contribution in [0, 0.1) is 12.3 Å². The molecule has 0 unspecified atom stereocenters. The summed E-state index contributed by atoms with van der Waals surface area (Å²) in [6.07, 6.45) is 5.55. The molecule has 0 spiro atoms. The summed E-state index contributed by atoms with van der Waals surface area (Å²) in [5.41, 5.74) is 3.08. The number of carbonyl (C=O) groups excluding carboxylic acids is 1. The number of benzene rings is 1. The van der Waals surface area contributed by atoms with E-state index >= 15 is 0 Å². The number of hydrogen-bond acceptors (Lipinski definition) is 3. The largest absolute Gasteiger partial charge is 0.478 e. The Kier molecular flexibility index (Phi) is 6.32. The number of carboxylic acids is 1. The van der Waals surface area contributed by atoms with Gasteiger partial charge in [0.05, 0.1) is 16.9 Å². The normalized spacial score (nSPS) is 13.7. The molecule has 0 fully saturated rings. The summed E-state index contributed by atoms with van der Waals surface area (Å²) in [6, 6.07) is 1.78. The average molecular weight is 360 g/mol. The van der Waals surface area contributed by atoms with Crippen LogP contribution in [-0.2, 0) is 11.2 Å². The molecule has 0 saturated carbocycles. The molecule has 5 nitrogen and oxygen atoms in total. The number of nitrogens with one attached hydrogen (secondary N) is 1. The van der Waals surface area contributed by atoms with Gasteiger partial charge in [-0.25, -0.2) is 4.79 Å². The molecular weight excluding hydrogens is 328 g/mol. The number of fused-ring (bicyclic) bond motifs is 1. The maximum atomic E-state index is 12.6. The molecule has 2 N–H and O–H groups in total. The van der Waals surface area contributed by atoms with E-state index in [1.54, 1.807) is 13.0 Å². The SMILES string of the molecule is CCCCCCN1CCc2cc(C(=O)O)c(C)c(NC(=O)C(C)(C)C)c21. The summed E-state index contributed by atoms with van der Waals surface area (Å²) >= 11 is 0. The average Bonchev–Trinajstić information content (AvgIpc) is 2.95. The Bertz CT molecular complexity index is 689. The Morgan fingerprint density at radius 1 is 1.23 bits per heavy atom. The van der Waals surface area contributed by atoms with Crippen molar-refractivity contribution in [1.82, 2.24) is 0 Å². The molecule has 1 amide bonds. The Labute approximate surface area is 156 Å². The summed E-state index contributed by atoms with van der Waals surface area (Å²) in [4.78, 5) is 26.6. The van der Waals surface area contributed by atoms with E-state index in [4.69, 9.17) is 0 Å². The number of anilines is 2. The van der Waals surface area contributed by atoms with Gasteiger partial charge in [-0.1, -0.05) is 47.0 Å². The third-order valence-corrected chi connectivity index (χ3v) is 5.04. The Morgan fingerprint density at radius 3 is 2.50 bits per heavy atom.